The number of nitrogens with zero attached hydrogens (tertiary/aromatic N) is 4. The maximum absolute atomic E-state index is 12.5. The first-order valence-electron chi connectivity index (χ1n) is 8.32. The van der Waals surface area contributed by atoms with E-state index in [0.29, 0.717) is 12.3 Å². The molecule has 1 aliphatic rings. The highest BCUT2D eigenvalue weighted by Crippen LogP contribution is 2.30. The fourth-order valence-electron chi connectivity index (χ4n) is 2.70. The van der Waals surface area contributed by atoms with Crippen molar-refractivity contribution in [3.05, 3.63) is 59.7 Å². The number of fused-ring (bicyclic) bond motifs is 1. The number of aliphatic imine (C=N–C) groups is 1. The van der Waals surface area contributed by atoms with Crippen LogP contribution in [0.3, 0.4) is 0 Å². The Morgan fingerprint density at radius 1 is 1.19 bits per heavy atom. The molecule has 0 atom stereocenters. The normalized spacial score (nSPS) is 14.2. The van der Waals surface area contributed by atoms with Crippen molar-refractivity contribution in [2.75, 3.05) is 31.8 Å². The average Bonchev–Trinajstić information content (AvgIpc) is 2.80. The van der Waals surface area contributed by atoms with Gasteiger partial charge in [-0.3, -0.25) is 14.7 Å². The summed E-state index contributed by atoms with van der Waals surface area (Å²) in [6.45, 7) is 2.61. The summed E-state index contributed by atoms with van der Waals surface area (Å²) in [5.41, 5.74) is 3.15. The molecule has 0 unspecified atom stereocenters. The SMILES string of the molecule is CCN=NOc1ccc2c(c1)C(c1ccccc1)=NCC(=O)N2COC. The molecule has 1 amide bonds. The zero-order valence-corrected chi connectivity index (χ0v) is 14.8. The van der Waals surface area contributed by atoms with Gasteiger partial charge in [-0.1, -0.05) is 30.3 Å². The topological polar surface area (TPSA) is 75.9 Å². The number of amides is 1. The van der Waals surface area contributed by atoms with E-state index in [1.165, 1.54) is 0 Å². The third kappa shape index (κ3) is 3.78. The Hall–Kier alpha value is -3.06. The third-order valence-electron chi connectivity index (χ3n) is 3.84. The predicted molar refractivity (Wildman–Crippen MR) is 98.8 cm³/mol. The zero-order chi connectivity index (χ0) is 18.4. The summed E-state index contributed by atoms with van der Waals surface area (Å²) >= 11 is 0. The Morgan fingerprint density at radius 2 is 2.00 bits per heavy atom. The standard InChI is InChI=1S/C19H20N4O3/c1-3-21-22-26-15-9-10-17-16(11-15)19(14-7-5-4-6-8-14)20-12-18(24)23(17)13-25-2/h4-11H,3,12-13H2,1-2H3. The molecule has 0 N–H and O–H groups in total. The molecule has 0 radical (unpaired) electrons. The molecule has 134 valence electrons. The molecule has 1 heterocycles. The molecule has 3 rings (SSSR count). The number of benzene rings is 2. The van der Waals surface area contributed by atoms with E-state index < -0.39 is 0 Å². The molecule has 2 aromatic carbocycles. The van der Waals surface area contributed by atoms with Crippen LogP contribution in [0.4, 0.5) is 5.69 Å². The largest absolute Gasteiger partial charge is 0.364 e. The Labute approximate surface area is 151 Å². The van der Waals surface area contributed by atoms with E-state index in [1.54, 1.807) is 18.1 Å². The minimum atomic E-state index is -0.127. The Morgan fingerprint density at radius 3 is 2.73 bits per heavy atom. The molecule has 7 heteroatoms. The molecule has 0 fully saturated rings. The molecule has 26 heavy (non-hydrogen) atoms. The molecule has 2 aromatic rings. The average molecular weight is 352 g/mol. The first-order chi connectivity index (χ1) is 12.7. The molecule has 0 bridgehead atoms. The van der Waals surface area contributed by atoms with Gasteiger partial charge in [0.15, 0.2) is 5.75 Å². The maximum Gasteiger partial charge on any atom is 0.250 e. The van der Waals surface area contributed by atoms with Crippen LogP contribution in [0.15, 0.2) is 63.9 Å². The van der Waals surface area contributed by atoms with Crippen molar-refractivity contribution < 1.29 is 14.4 Å². The minimum absolute atomic E-state index is 0.0496. The number of ether oxygens (including phenoxy) is 1. The second kappa shape index (κ2) is 8.35. The van der Waals surface area contributed by atoms with Gasteiger partial charge in [0.25, 0.3) is 5.91 Å². The van der Waals surface area contributed by atoms with Crippen LogP contribution in [0.5, 0.6) is 5.75 Å². The number of anilines is 1. The molecular formula is C19H20N4O3. The zero-order valence-electron chi connectivity index (χ0n) is 14.8. The van der Waals surface area contributed by atoms with E-state index in [0.717, 1.165) is 22.5 Å². The summed E-state index contributed by atoms with van der Waals surface area (Å²) in [6.07, 6.45) is 0. The highest BCUT2D eigenvalue weighted by molar-refractivity contribution is 6.19. The third-order valence-corrected chi connectivity index (χ3v) is 3.84. The number of carbonyl (C=O) groups excluding carboxylic acids is 1. The monoisotopic (exact) mass is 352 g/mol. The van der Waals surface area contributed by atoms with E-state index >= 15 is 0 Å². The fourth-order valence-corrected chi connectivity index (χ4v) is 2.70. The smallest absolute Gasteiger partial charge is 0.250 e. The molecule has 1 aliphatic heterocycles. The van der Waals surface area contributed by atoms with Crippen molar-refractivity contribution in [3.63, 3.8) is 0 Å². The fraction of sp³-hybridized carbons (Fsp3) is 0.263. The molecule has 0 saturated heterocycles. The van der Waals surface area contributed by atoms with Crippen molar-refractivity contribution in [3.8, 4) is 5.75 Å². The van der Waals surface area contributed by atoms with E-state index in [2.05, 4.69) is 15.4 Å². The van der Waals surface area contributed by atoms with Gasteiger partial charge in [-0.2, -0.15) is 5.11 Å². The van der Waals surface area contributed by atoms with E-state index in [4.69, 9.17) is 9.57 Å². The number of methoxy groups -OCH3 is 1. The maximum atomic E-state index is 12.5. The van der Waals surface area contributed by atoms with Crippen molar-refractivity contribution in [1.29, 1.82) is 0 Å². The van der Waals surface area contributed by atoms with Crippen LogP contribution in [-0.4, -0.2) is 38.5 Å². The van der Waals surface area contributed by atoms with E-state index in [-0.39, 0.29) is 19.2 Å². The van der Waals surface area contributed by atoms with E-state index in [9.17, 15) is 4.79 Å². The van der Waals surface area contributed by atoms with Crippen LogP contribution in [0.2, 0.25) is 0 Å². The van der Waals surface area contributed by atoms with Crippen LogP contribution >= 0.6 is 0 Å². The molecule has 0 spiro atoms. The number of carbonyl (C=O) groups is 1. The van der Waals surface area contributed by atoms with Crippen LogP contribution in [0.1, 0.15) is 18.1 Å². The van der Waals surface area contributed by atoms with Gasteiger partial charge in [0.1, 0.15) is 13.3 Å². The van der Waals surface area contributed by atoms with Crippen molar-refractivity contribution in [1.82, 2.24) is 0 Å². The lowest BCUT2D eigenvalue weighted by Crippen LogP contribution is -2.34. The van der Waals surface area contributed by atoms with Gasteiger partial charge in [-0.25, -0.2) is 0 Å². The van der Waals surface area contributed by atoms with Crippen molar-refractivity contribution >= 4 is 17.3 Å². The molecule has 0 saturated carbocycles. The lowest BCUT2D eigenvalue weighted by Gasteiger charge is -2.22. The number of hydrogen-bond acceptors (Lipinski definition) is 6. The summed E-state index contributed by atoms with van der Waals surface area (Å²) in [5.74, 6) is 0.398. The van der Waals surface area contributed by atoms with Crippen LogP contribution < -0.4 is 9.74 Å². The lowest BCUT2D eigenvalue weighted by atomic mass is 10.00. The summed E-state index contributed by atoms with van der Waals surface area (Å²) in [6, 6.07) is 15.1. The predicted octanol–water partition coefficient (Wildman–Crippen LogP) is 3.24. The number of hydrogen-bond donors (Lipinski definition) is 0. The van der Waals surface area contributed by atoms with Gasteiger partial charge in [-0.05, 0) is 25.1 Å². The van der Waals surface area contributed by atoms with Gasteiger partial charge in [0.2, 0.25) is 0 Å². The summed E-state index contributed by atoms with van der Waals surface area (Å²) in [7, 11) is 1.55. The second-order valence-corrected chi connectivity index (χ2v) is 5.58. The second-order valence-electron chi connectivity index (χ2n) is 5.58. The van der Waals surface area contributed by atoms with Crippen molar-refractivity contribution in [2.45, 2.75) is 6.92 Å². The van der Waals surface area contributed by atoms with Crippen molar-refractivity contribution in [2.24, 2.45) is 15.4 Å². The number of rotatable bonds is 6. The summed E-state index contributed by atoms with van der Waals surface area (Å²) < 4.78 is 5.20. The quantitative estimate of drug-likeness (QED) is 0.591. The molecule has 0 aromatic heterocycles. The Balaban J connectivity index is 2.10. The minimum Gasteiger partial charge on any atom is -0.364 e. The van der Waals surface area contributed by atoms with Gasteiger partial charge in [-0.15, -0.1) is 0 Å². The summed E-state index contributed by atoms with van der Waals surface area (Å²) in [5, 5.41) is 7.50. The highest BCUT2D eigenvalue weighted by atomic mass is 16.6. The molecular weight excluding hydrogens is 332 g/mol. The lowest BCUT2D eigenvalue weighted by molar-refractivity contribution is -0.118. The van der Waals surface area contributed by atoms with Gasteiger partial charge < -0.3 is 9.57 Å². The Kier molecular flexibility index (Phi) is 5.70. The van der Waals surface area contributed by atoms with Crippen LogP contribution in [0, 0.1) is 0 Å². The van der Waals surface area contributed by atoms with Crippen LogP contribution in [0.25, 0.3) is 0 Å². The van der Waals surface area contributed by atoms with Gasteiger partial charge >= 0.3 is 0 Å². The van der Waals surface area contributed by atoms with Gasteiger partial charge in [0.05, 0.1) is 17.9 Å². The number of benzodiazepines with no additional fused rings is 1. The first-order valence-corrected chi connectivity index (χ1v) is 8.32. The first kappa shape index (κ1) is 17.8. The van der Waals surface area contributed by atoms with E-state index in [1.807, 2.05) is 49.4 Å². The summed E-state index contributed by atoms with van der Waals surface area (Å²) in [4.78, 5) is 24.0. The van der Waals surface area contributed by atoms with Crippen LogP contribution in [-0.2, 0) is 9.53 Å². The molecule has 7 nitrogen and oxygen atoms in total. The van der Waals surface area contributed by atoms with Gasteiger partial charge in [0, 0.05) is 23.5 Å². The highest BCUT2D eigenvalue weighted by Gasteiger charge is 2.25. The molecule has 0 aliphatic carbocycles. The Bertz CT molecular complexity index is 834.